The van der Waals surface area contributed by atoms with Gasteiger partial charge in [-0.1, -0.05) is 0 Å². The number of hydrogen-bond acceptors (Lipinski definition) is 5. The fourth-order valence-corrected chi connectivity index (χ4v) is 3.13. The molecule has 0 bridgehead atoms. The molecular formula is C16H24N6. The summed E-state index contributed by atoms with van der Waals surface area (Å²) >= 11 is 0. The van der Waals surface area contributed by atoms with Crippen molar-refractivity contribution in [3.63, 3.8) is 0 Å². The van der Waals surface area contributed by atoms with E-state index in [0.717, 1.165) is 31.1 Å². The molecule has 1 aliphatic heterocycles. The van der Waals surface area contributed by atoms with Crippen molar-refractivity contribution in [2.75, 3.05) is 18.0 Å². The number of nitrogens with one attached hydrogen (secondary N) is 1. The van der Waals surface area contributed by atoms with E-state index >= 15 is 0 Å². The van der Waals surface area contributed by atoms with Crippen molar-refractivity contribution in [3.05, 3.63) is 35.3 Å². The maximum absolute atomic E-state index is 4.48. The van der Waals surface area contributed by atoms with Crippen LogP contribution in [-0.4, -0.2) is 39.1 Å². The van der Waals surface area contributed by atoms with Crippen LogP contribution in [0.25, 0.3) is 0 Å². The van der Waals surface area contributed by atoms with Crippen LogP contribution in [0.4, 0.5) is 5.82 Å². The van der Waals surface area contributed by atoms with E-state index in [-0.39, 0.29) is 0 Å². The molecule has 1 N–H and O–H groups in total. The minimum absolute atomic E-state index is 0.481. The van der Waals surface area contributed by atoms with Crippen molar-refractivity contribution in [1.82, 2.24) is 25.3 Å². The van der Waals surface area contributed by atoms with E-state index in [0.29, 0.717) is 6.04 Å². The highest BCUT2D eigenvalue weighted by Gasteiger charge is 2.21. The number of aromatic nitrogens is 4. The Bertz CT molecular complexity index is 621. The molecule has 2 aromatic heterocycles. The van der Waals surface area contributed by atoms with Crippen molar-refractivity contribution in [1.29, 1.82) is 0 Å². The summed E-state index contributed by atoms with van der Waals surface area (Å²) in [5.74, 6) is 0.975. The molecule has 0 amide bonds. The third-order valence-corrected chi connectivity index (χ3v) is 4.53. The average Bonchev–Trinajstić information content (AvgIpc) is 2.79. The number of aryl methyl sites for hydroxylation is 2. The summed E-state index contributed by atoms with van der Waals surface area (Å²) in [5.41, 5.74) is 3.68. The monoisotopic (exact) mass is 300 g/mol. The molecule has 6 nitrogen and oxygen atoms in total. The zero-order valence-electron chi connectivity index (χ0n) is 13.6. The topological polar surface area (TPSA) is 58.9 Å². The Labute approximate surface area is 131 Å². The first kappa shape index (κ1) is 15.0. The molecule has 118 valence electrons. The number of piperidine rings is 1. The van der Waals surface area contributed by atoms with Crippen LogP contribution < -0.4 is 10.2 Å². The minimum Gasteiger partial charge on any atom is -0.354 e. The van der Waals surface area contributed by atoms with E-state index in [9.17, 15) is 0 Å². The number of anilines is 1. The van der Waals surface area contributed by atoms with E-state index in [1.165, 1.54) is 24.1 Å². The summed E-state index contributed by atoms with van der Waals surface area (Å²) in [6, 6.07) is 4.46. The Balaban J connectivity index is 1.61. The molecule has 0 saturated carbocycles. The van der Waals surface area contributed by atoms with Crippen LogP contribution in [0.15, 0.2) is 18.3 Å². The van der Waals surface area contributed by atoms with E-state index in [1.807, 2.05) is 23.9 Å². The van der Waals surface area contributed by atoms with E-state index < -0.39 is 0 Å². The third kappa shape index (κ3) is 3.11. The predicted octanol–water partition coefficient (Wildman–Crippen LogP) is 1.59. The van der Waals surface area contributed by atoms with Gasteiger partial charge in [0.25, 0.3) is 0 Å². The lowest BCUT2D eigenvalue weighted by atomic mass is 10.0. The van der Waals surface area contributed by atoms with Gasteiger partial charge in [0.2, 0.25) is 0 Å². The second-order valence-corrected chi connectivity index (χ2v) is 6.02. The second-order valence-electron chi connectivity index (χ2n) is 6.02. The molecular weight excluding hydrogens is 276 g/mol. The van der Waals surface area contributed by atoms with E-state index in [4.69, 9.17) is 0 Å². The van der Waals surface area contributed by atoms with Gasteiger partial charge in [0.05, 0.1) is 5.69 Å². The highest BCUT2D eigenvalue weighted by molar-refractivity contribution is 5.37. The van der Waals surface area contributed by atoms with Crippen LogP contribution >= 0.6 is 0 Å². The molecule has 0 aromatic carbocycles. The predicted molar refractivity (Wildman–Crippen MR) is 86.8 cm³/mol. The SMILES string of the molecule is Cc1nn(C)c(C)c1CN[C@@H]1CCCN(c2cccnn2)C1. The fourth-order valence-electron chi connectivity index (χ4n) is 3.13. The normalized spacial score (nSPS) is 18.7. The molecule has 3 heterocycles. The highest BCUT2D eigenvalue weighted by atomic mass is 15.3. The van der Waals surface area contributed by atoms with E-state index in [1.54, 1.807) is 6.20 Å². The summed E-state index contributed by atoms with van der Waals surface area (Å²) in [7, 11) is 2.00. The summed E-state index contributed by atoms with van der Waals surface area (Å²) in [6.45, 7) is 7.13. The Kier molecular flexibility index (Phi) is 4.38. The molecule has 1 saturated heterocycles. The third-order valence-electron chi connectivity index (χ3n) is 4.53. The lowest BCUT2D eigenvalue weighted by molar-refractivity contribution is 0.418. The average molecular weight is 300 g/mol. The van der Waals surface area contributed by atoms with Gasteiger partial charge in [-0.3, -0.25) is 4.68 Å². The molecule has 0 radical (unpaired) electrons. The van der Waals surface area contributed by atoms with Gasteiger partial charge >= 0.3 is 0 Å². The molecule has 3 rings (SSSR count). The molecule has 0 unspecified atom stereocenters. The first-order chi connectivity index (χ1) is 10.6. The Hall–Kier alpha value is -1.95. The quantitative estimate of drug-likeness (QED) is 0.929. The number of hydrogen-bond donors (Lipinski definition) is 1. The van der Waals surface area contributed by atoms with Gasteiger partial charge in [-0.05, 0) is 38.8 Å². The van der Waals surface area contributed by atoms with Crippen LogP contribution in [-0.2, 0) is 13.6 Å². The maximum atomic E-state index is 4.48. The molecule has 1 aliphatic rings. The highest BCUT2D eigenvalue weighted by Crippen LogP contribution is 2.18. The summed E-state index contributed by atoms with van der Waals surface area (Å²) in [5, 5.41) is 16.4. The van der Waals surface area contributed by atoms with Gasteiger partial charge in [0.15, 0.2) is 5.82 Å². The molecule has 1 fully saturated rings. The van der Waals surface area contributed by atoms with Gasteiger partial charge in [-0.2, -0.15) is 10.2 Å². The lowest BCUT2D eigenvalue weighted by Gasteiger charge is -2.33. The molecule has 22 heavy (non-hydrogen) atoms. The van der Waals surface area contributed by atoms with Crippen molar-refractivity contribution in [2.45, 2.75) is 39.3 Å². The van der Waals surface area contributed by atoms with Crippen molar-refractivity contribution >= 4 is 5.82 Å². The van der Waals surface area contributed by atoms with Crippen LogP contribution in [0.5, 0.6) is 0 Å². The van der Waals surface area contributed by atoms with Gasteiger partial charge in [0, 0.05) is 50.2 Å². The van der Waals surface area contributed by atoms with Gasteiger partial charge < -0.3 is 10.2 Å². The van der Waals surface area contributed by atoms with Crippen molar-refractivity contribution < 1.29 is 0 Å². The Morgan fingerprint density at radius 3 is 2.91 bits per heavy atom. The lowest BCUT2D eigenvalue weighted by Crippen LogP contribution is -2.45. The summed E-state index contributed by atoms with van der Waals surface area (Å²) in [6.07, 6.45) is 4.10. The largest absolute Gasteiger partial charge is 0.354 e. The summed E-state index contributed by atoms with van der Waals surface area (Å²) < 4.78 is 1.96. The molecule has 0 aliphatic carbocycles. The number of rotatable bonds is 4. The molecule has 0 spiro atoms. The zero-order valence-corrected chi connectivity index (χ0v) is 13.6. The van der Waals surface area contributed by atoms with Crippen LogP contribution in [0.1, 0.15) is 29.8 Å². The number of nitrogens with zero attached hydrogens (tertiary/aromatic N) is 5. The molecule has 6 heteroatoms. The van der Waals surface area contributed by atoms with Crippen LogP contribution in [0.2, 0.25) is 0 Å². The maximum Gasteiger partial charge on any atom is 0.151 e. The van der Waals surface area contributed by atoms with Crippen molar-refractivity contribution in [2.24, 2.45) is 7.05 Å². The van der Waals surface area contributed by atoms with Gasteiger partial charge in [-0.15, -0.1) is 5.10 Å². The molecule has 2 aromatic rings. The fraction of sp³-hybridized carbons (Fsp3) is 0.562. The Morgan fingerprint density at radius 2 is 2.23 bits per heavy atom. The molecule has 1 atom stereocenters. The smallest absolute Gasteiger partial charge is 0.151 e. The van der Waals surface area contributed by atoms with Gasteiger partial charge in [0.1, 0.15) is 0 Å². The summed E-state index contributed by atoms with van der Waals surface area (Å²) in [4.78, 5) is 2.32. The zero-order chi connectivity index (χ0) is 15.5. The first-order valence-electron chi connectivity index (χ1n) is 7.90. The second kappa shape index (κ2) is 6.44. The van der Waals surface area contributed by atoms with Gasteiger partial charge in [-0.25, -0.2) is 0 Å². The van der Waals surface area contributed by atoms with Crippen molar-refractivity contribution in [3.8, 4) is 0 Å². The minimum atomic E-state index is 0.481. The Morgan fingerprint density at radius 1 is 1.36 bits per heavy atom. The van der Waals surface area contributed by atoms with Crippen LogP contribution in [0, 0.1) is 13.8 Å². The standard InChI is InChI=1S/C16H24N6/c1-12-15(13(2)21(3)20-12)10-17-14-6-5-9-22(11-14)16-7-4-8-18-19-16/h4,7-8,14,17H,5-6,9-11H2,1-3H3/t14-/m1/s1. The van der Waals surface area contributed by atoms with E-state index in [2.05, 4.69) is 39.4 Å². The first-order valence-corrected chi connectivity index (χ1v) is 7.90. The van der Waals surface area contributed by atoms with Crippen LogP contribution in [0.3, 0.4) is 0 Å².